The van der Waals surface area contributed by atoms with Crippen LogP contribution in [-0.4, -0.2) is 44.7 Å². The van der Waals surface area contributed by atoms with Crippen LogP contribution in [0.1, 0.15) is 24.5 Å². The molecule has 1 saturated heterocycles. The Kier molecular flexibility index (Phi) is 7.64. The first-order chi connectivity index (χ1) is 14.2. The average Bonchev–Trinajstić information content (AvgIpc) is 2.78. The van der Waals surface area contributed by atoms with Crippen LogP contribution in [0.4, 0.5) is 11.4 Å². The van der Waals surface area contributed by atoms with Gasteiger partial charge in [0.25, 0.3) is 0 Å². The molecule has 1 fully saturated rings. The van der Waals surface area contributed by atoms with Crippen molar-refractivity contribution in [3.8, 4) is 0 Å². The molecule has 154 valence electrons. The molecule has 2 amide bonds. The smallest absolute Gasteiger partial charge is 0.313 e. The maximum Gasteiger partial charge on any atom is 0.313 e. The fourth-order valence-electron chi connectivity index (χ4n) is 3.28. The second-order valence-electron chi connectivity index (χ2n) is 7.13. The molecule has 0 atom stereocenters. The molecule has 1 heterocycles. The lowest BCUT2D eigenvalue weighted by Crippen LogP contribution is -2.36. The van der Waals surface area contributed by atoms with Gasteiger partial charge in [0, 0.05) is 31.0 Å². The number of anilines is 2. The third-order valence-corrected chi connectivity index (χ3v) is 5.07. The van der Waals surface area contributed by atoms with E-state index in [1.807, 2.05) is 24.3 Å². The van der Waals surface area contributed by atoms with Crippen molar-refractivity contribution in [2.45, 2.75) is 26.2 Å². The molecule has 0 radical (unpaired) electrons. The van der Waals surface area contributed by atoms with Gasteiger partial charge in [-0.2, -0.15) is 0 Å². The molecule has 0 bridgehead atoms. The summed E-state index contributed by atoms with van der Waals surface area (Å²) in [6.07, 6.45) is 2.57. The zero-order valence-electron chi connectivity index (χ0n) is 16.9. The van der Waals surface area contributed by atoms with Gasteiger partial charge >= 0.3 is 11.8 Å². The topological polar surface area (TPSA) is 70.7 Å². The summed E-state index contributed by atoms with van der Waals surface area (Å²) in [4.78, 5) is 26.3. The van der Waals surface area contributed by atoms with E-state index in [-0.39, 0.29) is 0 Å². The number of carbonyl (C=O) groups is 2. The van der Waals surface area contributed by atoms with Gasteiger partial charge in [-0.15, -0.1) is 0 Å². The number of rotatable bonds is 7. The summed E-state index contributed by atoms with van der Waals surface area (Å²) < 4.78 is 5.38. The predicted molar refractivity (Wildman–Crippen MR) is 115 cm³/mol. The molecule has 29 heavy (non-hydrogen) atoms. The van der Waals surface area contributed by atoms with Crippen molar-refractivity contribution in [2.75, 3.05) is 43.1 Å². The minimum Gasteiger partial charge on any atom is -0.378 e. The van der Waals surface area contributed by atoms with Gasteiger partial charge in [-0.1, -0.05) is 31.2 Å². The molecule has 2 aromatic rings. The summed E-state index contributed by atoms with van der Waals surface area (Å²) in [5.74, 6) is -1.24. The van der Waals surface area contributed by atoms with E-state index >= 15 is 0 Å². The monoisotopic (exact) mass is 395 g/mol. The van der Waals surface area contributed by atoms with Crippen LogP contribution in [0.3, 0.4) is 0 Å². The van der Waals surface area contributed by atoms with Crippen LogP contribution in [0, 0.1) is 0 Å². The van der Waals surface area contributed by atoms with E-state index in [2.05, 4.69) is 46.7 Å². The Labute approximate surface area is 172 Å². The number of nitrogens with one attached hydrogen (secondary N) is 2. The summed E-state index contributed by atoms with van der Waals surface area (Å²) in [5, 5.41) is 5.31. The number of aryl methyl sites for hydroxylation is 2. The third-order valence-electron chi connectivity index (χ3n) is 5.07. The van der Waals surface area contributed by atoms with Crippen molar-refractivity contribution in [3.63, 3.8) is 0 Å². The molecule has 1 aliphatic rings. The Morgan fingerprint density at radius 1 is 0.931 bits per heavy atom. The van der Waals surface area contributed by atoms with Crippen molar-refractivity contribution in [1.29, 1.82) is 0 Å². The van der Waals surface area contributed by atoms with Crippen molar-refractivity contribution in [1.82, 2.24) is 5.32 Å². The van der Waals surface area contributed by atoms with E-state index in [0.717, 1.165) is 45.6 Å². The molecule has 3 rings (SSSR count). The number of morpholine rings is 1. The molecular weight excluding hydrogens is 366 g/mol. The number of hydrogen-bond donors (Lipinski definition) is 2. The maximum absolute atomic E-state index is 12.0. The second-order valence-corrected chi connectivity index (χ2v) is 7.13. The Morgan fingerprint density at radius 2 is 1.59 bits per heavy atom. The van der Waals surface area contributed by atoms with Crippen molar-refractivity contribution < 1.29 is 14.3 Å². The summed E-state index contributed by atoms with van der Waals surface area (Å²) in [6, 6.07) is 16.0. The van der Waals surface area contributed by atoms with Gasteiger partial charge in [0.05, 0.1) is 13.2 Å². The summed E-state index contributed by atoms with van der Waals surface area (Å²) >= 11 is 0. The van der Waals surface area contributed by atoms with Gasteiger partial charge in [0.2, 0.25) is 0 Å². The number of ether oxygens (including phenoxy) is 1. The van der Waals surface area contributed by atoms with E-state index in [1.54, 1.807) is 0 Å². The van der Waals surface area contributed by atoms with Crippen LogP contribution in [0.25, 0.3) is 0 Å². The highest BCUT2D eigenvalue weighted by molar-refractivity contribution is 6.39. The van der Waals surface area contributed by atoms with E-state index < -0.39 is 11.8 Å². The standard InChI is InChI=1S/C23H29N3O3/c1-2-18-5-9-20(10-6-18)25-23(28)22(27)24-13-3-4-19-7-11-21(12-8-19)26-14-16-29-17-15-26/h5-12H,2-4,13-17H2,1H3,(H,24,27)(H,25,28). The van der Waals surface area contributed by atoms with Gasteiger partial charge in [-0.05, 0) is 54.7 Å². The van der Waals surface area contributed by atoms with E-state index in [1.165, 1.54) is 16.8 Å². The molecule has 2 aromatic carbocycles. The third kappa shape index (κ3) is 6.32. The normalized spacial score (nSPS) is 13.8. The Bertz CT molecular complexity index is 797. The molecule has 2 N–H and O–H groups in total. The second kappa shape index (κ2) is 10.6. The summed E-state index contributed by atoms with van der Waals surface area (Å²) in [7, 11) is 0. The van der Waals surface area contributed by atoms with Crippen LogP contribution in [0.5, 0.6) is 0 Å². The lowest BCUT2D eigenvalue weighted by Gasteiger charge is -2.28. The van der Waals surface area contributed by atoms with Gasteiger partial charge in [-0.3, -0.25) is 9.59 Å². The quantitative estimate of drug-likeness (QED) is 0.559. The molecule has 0 aromatic heterocycles. The Hall–Kier alpha value is -2.86. The number of amides is 2. The molecule has 0 saturated carbocycles. The summed E-state index contributed by atoms with van der Waals surface area (Å²) in [5.41, 5.74) is 4.25. The number of benzene rings is 2. The minimum absolute atomic E-state index is 0.465. The Balaban J connectivity index is 1.36. The highest BCUT2D eigenvalue weighted by Gasteiger charge is 2.13. The largest absolute Gasteiger partial charge is 0.378 e. The van der Waals surface area contributed by atoms with E-state index in [9.17, 15) is 9.59 Å². The van der Waals surface area contributed by atoms with Crippen LogP contribution in [0.2, 0.25) is 0 Å². The van der Waals surface area contributed by atoms with Gasteiger partial charge < -0.3 is 20.3 Å². The first-order valence-electron chi connectivity index (χ1n) is 10.3. The highest BCUT2D eigenvalue weighted by Crippen LogP contribution is 2.17. The Morgan fingerprint density at radius 3 is 2.24 bits per heavy atom. The molecule has 0 unspecified atom stereocenters. The zero-order chi connectivity index (χ0) is 20.5. The molecular formula is C23H29N3O3. The highest BCUT2D eigenvalue weighted by atomic mass is 16.5. The maximum atomic E-state index is 12.0. The molecule has 6 nitrogen and oxygen atoms in total. The van der Waals surface area contributed by atoms with Crippen LogP contribution in [-0.2, 0) is 27.2 Å². The number of carbonyl (C=O) groups excluding carboxylic acids is 2. The zero-order valence-corrected chi connectivity index (χ0v) is 16.9. The lowest BCUT2D eigenvalue weighted by atomic mass is 10.1. The van der Waals surface area contributed by atoms with Crippen LogP contribution < -0.4 is 15.5 Å². The minimum atomic E-state index is -0.635. The molecule has 0 spiro atoms. The van der Waals surface area contributed by atoms with E-state index in [0.29, 0.717) is 12.2 Å². The van der Waals surface area contributed by atoms with Gasteiger partial charge in [0.1, 0.15) is 0 Å². The first-order valence-corrected chi connectivity index (χ1v) is 10.3. The first kappa shape index (κ1) is 20.9. The molecule has 1 aliphatic heterocycles. The fourth-order valence-corrected chi connectivity index (χ4v) is 3.28. The van der Waals surface area contributed by atoms with Crippen LogP contribution >= 0.6 is 0 Å². The lowest BCUT2D eigenvalue weighted by molar-refractivity contribution is -0.136. The number of nitrogens with zero attached hydrogens (tertiary/aromatic N) is 1. The molecule has 0 aliphatic carbocycles. The molecule has 6 heteroatoms. The summed E-state index contributed by atoms with van der Waals surface area (Å²) in [6.45, 7) is 5.94. The van der Waals surface area contributed by atoms with Gasteiger partial charge in [-0.25, -0.2) is 0 Å². The van der Waals surface area contributed by atoms with Crippen molar-refractivity contribution >= 4 is 23.2 Å². The average molecular weight is 396 g/mol. The van der Waals surface area contributed by atoms with Crippen LogP contribution in [0.15, 0.2) is 48.5 Å². The van der Waals surface area contributed by atoms with Crippen molar-refractivity contribution in [3.05, 3.63) is 59.7 Å². The SMILES string of the molecule is CCc1ccc(NC(=O)C(=O)NCCCc2ccc(N3CCOCC3)cc2)cc1. The van der Waals surface area contributed by atoms with Gasteiger partial charge in [0.15, 0.2) is 0 Å². The fraction of sp³-hybridized carbons (Fsp3) is 0.391. The van der Waals surface area contributed by atoms with E-state index in [4.69, 9.17) is 4.74 Å². The van der Waals surface area contributed by atoms with Crippen molar-refractivity contribution in [2.24, 2.45) is 0 Å². The predicted octanol–water partition coefficient (Wildman–Crippen LogP) is 2.77. The number of hydrogen-bond acceptors (Lipinski definition) is 4.